The predicted octanol–water partition coefficient (Wildman–Crippen LogP) is 2.98. The van der Waals surface area contributed by atoms with Gasteiger partial charge in [-0.3, -0.25) is 15.1 Å². The highest BCUT2D eigenvalue weighted by Gasteiger charge is 2.20. The summed E-state index contributed by atoms with van der Waals surface area (Å²) in [7, 11) is 0. The van der Waals surface area contributed by atoms with Crippen LogP contribution in [0.15, 0.2) is 30.7 Å². The second kappa shape index (κ2) is 7.17. The second-order valence-corrected chi connectivity index (χ2v) is 6.54. The molecule has 0 radical (unpaired) electrons. The van der Waals surface area contributed by atoms with Crippen molar-refractivity contribution in [3.8, 4) is 0 Å². The molecule has 0 aliphatic carbocycles. The number of rotatable bonds is 6. The number of hydrogen-bond donors (Lipinski definition) is 1. The van der Waals surface area contributed by atoms with E-state index in [0.29, 0.717) is 27.6 Å². The van der Waals surface area contributed by atoms with Crippen LogP contribution in [0.3, 0.4) is 0 Å². The van der Waals surface area contributed by atoms with Gasteiger partial charge in [-0.05, 0) is 51.0 Å². The summed E-state index contributed by atoms with van der Waals surface area (Å²) in [6.07, 6.45) is 8.37. The fourth-order valence-corrected chi connectivity index (χ4v) is 3.50. The molecule has 0 unspecified atom stereocenters. The smallest absolute Gasteiger partial charge is 0.303 e. The standard InChI is InChI=1S/C18H20N6O2/c25-24(26)17-15-4-6-19-11-13(15)10-14-12-21-18(22-16(14)17)20-5-3-9-23-7-1-2-8-23/h4,6,10-12H,1-3,5,7-9H2,(H,20,21,22). The number of likely N-dealkylation sites (tertiary alicyclic amines) is 1. The minimum absolute atomic E-state index is 0.00224. The van der Waals surface area contributed by atoms with Gasteiger partial charge in [0.2, 0.25) is 5.95 Å². The van der Waals surface area contributed by atoms with Crippen molar-refractivity contribution in [3.05, 3.63) is 40.8 Å². The van der Waals surface area contributed by atoms with Crippen molar-refractivity contribution < 1.29 is 4.92 Å². The van der Waals surface area contributed by atoms with Crippen LogP contribution < -0.4 is 5.32 Å². The highest BCUT2D eigenvalue weighted by molar-refractivity contribution is 6.06. The Morgan fingerprint density at radius 1 is 1.23 bits per heavy atom. The van der Waals surface area contributed by atoms with Crippen LogP contribution in [0.4, 0.5) is 11.6 Å². The Labute approximate surface area is 150 Å². The maximum absolute atomic E-state index is 11.6. The van der Waals surface area contributed by atoms with Crippen LogP contribution in [0.25, 0.3) is 21.7 Å². The molecule has 3 heterocycles. The van der Waals surface area contributed by atoms with Gasteiger partial charge in [-0.1, -0.05) is 0 Å². The number of hydrogen-bond acceptors (Lipinski definition) is 7. The lowest BCUT2D eigenvalue weighted by Gasteiger charge is -2.14. The number of nitrogens with one attached hydrogen (secondary N) is 1. The molecule has 1 aliphatic rings. The van der Waals surface area contributed by atoms with Crippen LogP contribution in [0.2, 0.25) is 0 Å². The van der Waals surface area contributed by atoms with E-state index in [4.69, 9.17) is 0 Å². The van der Waals surface area contributed by atoms with Gasteiger partial charge in [0.25, 0.3) is 0 Å². The highest BCUT2D eigenvalue weighted by atomic mass is 16.6. The van der Waals surface area contributed by atoms with Crippen LogP contribution in [0, 0.1) is 10.1 Å². The van der Waals surface area contributed by atoms with E-state index in [-0.39, 0.29) is 10.6 Å². The Morgan fingerprint density at radius 3 is 2.88 bits per heavy atom. The molecule has 0 atom stereocenters. The van der Waals surface area contributed by atoms with Crippen molar-refractivity contribution in [1.82, 2.24) is 19.9 Å². The normalized spacial score (nSPS) is 14.9. The molecule has 4 rings (SSSR count). The van der Waals surface area contributed by atoms with Crippen molar-refractivity contribution in [1.29, 1.82) is 0 Å². The third-order valence-electron chi connectivity index (χ3n) is 4.77. The molecule has 8 nitrogen and oxygen atoms in total. The van der Waals surface area contributed by atoms with Crippen molar-refractivity contribution in [2.24, 2.45) is 0 Å². The van der Waals surface area contributed by atoms with Gasteiger partial charge < -0.3 is 10.2 Å². The number of non-ortho nitro benzene ring substituents is 1. The summed E-state index contributed by atoms with van der Waals surface area (Å²) in [5.74, 6) is 0.426. The van der Waals surface area contributed by atoms with Gasteiger partial charge in [-0.2, -0.15) is 0 Å². The molecule has 0 bridgehead atoms. The summed E-state index contributed by atoms with van der Waals surface area (Å²) in [6.45, 7) is 4.16. The first kappa shape index (κ1) is 16.6. The average Bonchev–Trinajstić information content (AvgIpc) is 3.16. The summed E-state index contributed by atoms with van der Waals surface area (Å²) in [5, 5.41) is 16.7. The third-order valence-corrected chi connectivity index (χ3v) is 4.77. The Bertz CT molecular complexity index is 955. The molecule has 1 saturated heterocycles. The number of aromatic nitrogens is 3. The van der Waals surface area contributed by atoms with E-state index in [0.717, 1.165) is 19.5 Å². The van der Waals surface area contributed by atoms with Gasteiger partial charge in [0, 0.05) is 35.9 Å². The number of nitro benzene ring substituents is 1. The van der Waals surface area contributed by atoms with Gasteiger partial charge >= 0.3 is 5.69 Å². The molecule has 1 N–H and O–H groups in total. The first-order chi connectivity index (χ1) is 12.7. The van der Waals surface area contributed by atoms with Crippen LogP contribution >= 0.6 is 0 Å². The Hall–Kier alpha value is -2.87. The lowest BCUT2D eigenvalue weighted by Crippen LogP contribution is -2.22. The average molecular weight is 352 g/mol. The molecule has 0 saturated carbocycles. The Balaban J connectivity index is 1.58. The zero-order valence-corrected chi connectivity index (χ0v) is 14.4. The third kappa shape index (κ3) is 3.28. The maximum Gasteiger partial charge on any atom is 0.303 e. The molecule has 3 aromatic rings. The van der Waals surface area contributed by atoms with E-state index in [9.17, 15) is 10.1 Å². The van der Waals surface area contributed by atoms with Gasteiger partial charge in [-0.15, -0.1) is 0 Å². The minimum atomic E-state index is -0.380. The number of nitro groups is 1. The Kier molecular flexibility index (Phi) is 4.57. The van der Waals surface area contributed by atoms with Gasteiger partial charge in [0.05, 0.1) is 10.3 Å². The largest absolute Gasteiger partial charge is 0.354 e. The van der Waals surface area contributed by atoms with Crippen LogP contribution in [-0.2, 0) is 0 Å². The lowest BCUT2D eigenvalue weighted by molar-refractivity contribution is -0.381. The maximum atomic E-state index is 11.6. The number of nitrogens with zero attached hydrogens (tertiary/aromatic N) is 5. The number of benzene rings is 1. The number of pyridine rings is 1. The van der Waals surface area contributed by atoms with Gasteiger partial charge in [0.15, 0.2) is 5.52 Å². The van der Waals surface area contributed by atoms with E-state index in [1.165, 1.54) is 25.9 Å². The van der Waals surface area contributed by atoms with E-state index in [1.807, 2.05) is 6.07 Å². The van der Waals surface area contributed by atoms with E-state index >= 15 is 0 Å². The molecule has 134 valence electrons. The van der Waals surface area contributed by atoms with Crippen LogP contribution in [0.1, 0.15) is 19.3 Å². The van der Waals surface area contributed by atoms with E-state index in [1.54, 1.807) is 24.7 Å². The first-order valence-corrected chi connectivity index (χ1v) is 8.86. The first-order valence-electron chi connectivity index (χ1n) is 8.86. The highest BCUT2D eigenvalue weighted by Crippen LogP contribution is 2.32. The van der Waals surface area contributed by atoms with Crippen molar-refractivity contribution >= 4 is 33.3 Å². The summed E-state index contributed by atoms with van der Waals surface area (Å²) < 4.78 is 0. The van der Waals surface area contributed by atoms with E-state index in [2.05, 4.69) is 25.2 Å². The SMILES string of the molecule is O=[N+]([O-])c1c2ccncc2cc2cnc(NCCCN3CCCC3)nc12. The number of anilines is 1. The quantitative estimate of drug-likeness (QED) is 0.315. The fourth-order valence-electron chi connectivity index (χ4n) is 3.50. The lowest BCUT2D eigenvalue weighted by atomic mass is 10.1. The van der Waals surface area contributed by atoms with Crippen molar-refractivity contribution in [2.45, 2.75) is 19.3 Å². The zero-order chi connectivity index (χ0) is 17.9. The molecule has 1 fully saturated rings. The summed E-state index contributed by atoms with van der Waals surface area (Å²) in [5.41, 5.74) is 0.355. The predicted molar refractivity (Wildman–Crippen MR) is 100 cm³/mol. The van der Waals surface area contributed by atoms with Crippen LogP contribution in [0.5, 0.6) is 0 Å². The molecule has 0 amide bonds. The van der Waals surface area contributed by atoms with Crippen molar-refractivity contribution in [2.75, 3.05) is 31.5 Å². The van der Waals surface area contributed by atoms with Gasteiger partial charge in [0.1, 0.15) is 0 Å². The summed E-state index contributed by atoms with van der Waals surface area (Å²) in [4.78, 5) is 26.5. The van der Waals surface area contributed by atoms with Crippen molar-refractivity contribution in [3.63, 3.8) is 0 Å². The molecular formula is C18H20N6O2. The minimum Gasteiger partial charge on any atom is -0.354 e. The second-order valence-electron chi connectivity index (χ2n) is 6.54. The molecular weight excluding hydrogens is 332 g/mol. The molecule has 0 spiro atoms. The summed E-state index contributed by atoms with van der Waals surface area (Å²) >= 11 is 0. The molecule has 8 heteroatoms. The summed E-state index contributed by atoms with van der Waals surface area (Å²) in [6, 6.07) is 3.49. The molecule has 26 heavy (non-hydrogen) atoms. The monoisotopic (exact) mass is 352 g/mol. The van der Waals surface area contributed by atoms with Crippen LogP contribution in [-0.4, -0.2) is 51.0 Å². The van der Waals surface area contributed by atoms with E-state index < -0.39 is 0 Å². The molecule has 1 aromatic carbocycles. The number of fused-ring (bicyclic) bond motifs is 2. The molecule has 1 aliphatic heterocycles. The fraction of sp³-hybridized carbons (Fsp3) is 0.389. The zero-order valence-electron chi connectivity index (χ0n) is 14.4. The topological polar surface area (TPSA) is 97.1 Å². The molecule has 2 aromatic heterocycles. The van der Waals surface area contributed by atoms with Gasteiger partial charge in [-0.25, -0.2) is 9.97 Å². The Morgan fingerprint density at radius 2 is 2.08 bits per heavy atom.